The van der Waals surface area contributed by atoms with Crippen molar-refractivity contribution in [3.63, 3.8) is 0 Å². The fourth-order valence-corrected chi connectivity index (χ4v) is 2.79. The minimum absolute atomic E-state index is 0.0593. The number of hydrogen-bond acceptors (Lipinski definition) is 3. The molecule has 1 N–H and O–H groups in total. The number of carbonyl (C=O) groups is 2. The second-order valence-electron chi connectivity index (χ2n) is 7.48. The molecule has 0 aromatic heterocycles. The minimum atomic E-state index is -0.949. The highest BCUT2D eigenvalue weighted by Gasteiger charge is 2.38. The van der Waals surface area contributed by atoms with Crippen molar-refractivity contribution in [3.05, 3.63) is 34.3 Å². The first-order valence-corrected chi connectivity index (χ1v) is 8.57. The number of benzene rings is 1. The smallest absolute Gasteiger partial charge is 0.410 e. The van der Waals surface area contributed by atoms with Gasteiger partial charge in [-0.3, -0.25) is 4.79 Å². The number of nitrogens with zero attached hydrogens (tertiary/aromatic N) is 1. The van der Waals surface area contributed by atoms with Crippen molar-refractivity contribution in [1.82, 2.24) is 4.90 Å². The van der Waals surface area contributed by atoms with Gasteiger partial charge in [0.05, 0.1) is 5.92 Å². The number of halogens is 1. The summed E-state index contributed by atoms with van der Waals surface area (Å²) in [6.07, 6.45) is -0.529. The number of ether oxygens (including phenoxy) is 1. The first kappa shape index (κ1) is 20.5. The van der Waals surface area contributed by atoms with Crippen LogP contribution in [0.5, 0.6) is 0 Å². The Morgan fingerprint density at radius 1 is 1.25 bits per heavy atom. The van der Waals surface area contributed by atoms with E-state index in [0.29, 0.717) is 0 Å². The lowest BCUT2D eigenvalue weighted by molar-refractivity contribution is -0.144. The van der Waals surface area contributed by atoms with Gasteiger partial charge in [-0.2, -0.15) is 0 Å². The van der Waals surface area contributed by atoms with Gasteiger partial charge in [0.15, 0.2) is 0 Å². The largest absolute Gasteiger partial charge is 0.481 e. The Hall–Kier alpha value is -1.56. The van der Waals surface area contributed by atoms with Crippen LogP contribution in [0, 0.1) is 5.92 Å². The molecule has 0 fully saturated rings. The van der Waals surface area contributed by atoms with Crippen molar-refractivity contribution in [3.8, 4) is 0 Å². The van der Waals surface area contributed by atoms with Crippen LogP contribution in [-0.4, -0.2) is 41.3 Å². The normalized spacial score (nSPS) is 13.3. The quantitative estimate of drug-likeness (QED) is 0.801. The highest BCUT2D eigenvalue weighted by atomic mass is 79.9. The molecular weight excluding hydrogens is 374 g/mol. The van der Waals surface area contributed by atoms with Crippen LogP contribution in [0.3, 0.4) is 0 Å². The maximum Gasteiger partial charge on any atom is 0.410 e. The summed E-state index contributed by atoms with van der Waals surface area (Å²) in [6, 6.07) is 7.57. The number of carbonyl (C=O) groups excluding carboxylic acids is 1. The van der Waals surface area contributed by atoms with Gasteiger partial charge < -0.3 is 14.7 Å². The molecule has 0 saturated carbocycles. The van der Waals surface area contributed by atoms with Crippen LogP contribution in [0.2, 0.25) is 0 Å². The Bertz CT molecular complexity index is 607. The molecular formula is C18H26BrNO4. The number of amides is 1. The van der Waals surface area contributed by atoms with Crippen LogP contribution in [0.15, 0.2) is 28.7 Å². The Morgan fingerprint density at radius 2 is 1.83 bits per heavy atom. The van der Waals surface area contributed by atoms with E-state index in [4.69, 9.17) is 4.74 Å². The van der Waals surface area contributed by atoms with E-state index in [1.54, 1.807) is 27.8 Å². The fraction of sp³-hybridized carbons (Fsp3) is 0.556. The van der Waals surface area contributed by atoms with Crippen molar-refractivity contribution >= 4 is 28.0 Å². The SMILES string of the molecule is CN(CC(C(=O)O)C(C)(C)c1cccc(Br)c1)C(=O)OC(C)(C)C. The third kappa shape index (κ3) is 5.51. The maximum absolute atomic E-state index is 12.1. The molecule has 5 nitrogen and oxygen atoms in total. The second kappa shape index (κ2) is 7.55. The molecule has 1 atom stereocenters. The molecule has 0 aliphatic rings. The summed E-state index contributed by atoms with van der Waals surface area (Å²) in [5, 5.41) is 9.71. The monoisotopic (exact) mass is 399 g/mol. The zero-order chi connectivity index (χ0) is 18.7. The van der Waals surface area contributed by atoms with Gasteiger partial charge in [0.1, 0.15) is 5.60 Å². The van der Waals surface area contributed by atoms with Crippen molar-refractivity contribution in [1.29, 1.82) is 0 Å². The summed E-state index contributed by atoms with van der Waals surface area (Å²) in [5.74, 6) is -1.72. The Morgan fingerprint density at radius 3 is 2.29 bits per heavy atom. The molecule has 0 saturated heterocycles. The van der Waals surface area contributed by atoms with Crippen LogP contribution in [0.4, 0.5) is 4.79 Å². The highest BCUT2D eigenvalue weighted by Crippen LogP contribution is 2.34. The molecule has 0 bridgehead atoms. The van der Waals surface area contributed by atoms with Crippen LogP contribution >= 0.6 is 15.9 Å². The van der Waals surface area contributed by atoms with Gasteiger partial charge in [-0.25, -0.2) is 4.79 Å². The Labute approximate surface area is 152 Å². The summed E-state index contributed by atoms with van der Waals surface area (Å²) in [7, 11) is 1.56. The van der Waals surface area contributed by atoms with Gasteiger partial charge in [-0.1, -0.05) is 41.9 Å². The Balaban J connectivity index is 3.02. The highest BCUT2D eigenvalue weighted by molar-refractivity contribution is 9.10. The topological polar surface area (TPSA) is 66.8 Å². The lowest BCUT2D eigenvalue weighted by atomic mass is 9.73. The molecule has 6 heteroatoms. The molecule has 0 radical (unpaired) electrons. The number of rotatable bonds is 5. The number of aliphatic carboxylic acids is 1. The van der Waals surface area contributed by atoms with Gasteiger partial charge >= 0.3 is 12.1 Å². The molecule has 1 aromatic rings. The van der Waals surface area contributed by atoms with E-state index >= 15 is 0 Å². The van der Waals surface area contributed by atoms with E-state index in [0.717, 1.165) is 10.0 Å². The molecule has 1 aromatic carbocycles. The zero-order valence-electron chi connectivity index (χ0n) is 15.1. The average Bonchev–Trinajstić information content (AvgIpc) is 2.42. The second-order valence-corrected chi connectivity index (χ2v) is 8.40. The summed E-state index contributed by atoms with van der Waals surface area (Å²) in [5.41, 5.74) is -0.391. The number of carboxylic acid groups (broad SMARTS) is 1. The first-order chi connectivity index (χ1) is 10.8. The van der Waals surface area contributed by atoms with Crippen LogP contribution in [0.1, 0.15) is 40.2 Å². The van der Waals surface area contributed by atoms with Crippen molar-refractivity contribution in [2.75, 3.05) is 13.6 Å². The molecule has 0 spiro atoms. The summed E-state index contributed by atoms with van der Waals surface area (Å²) >= 11 is 3.42. The van der Waals surface area contributed by atoms with E-state index in [-0.39, 0.29) is 6.54 Å². The lowest BCUT2D eigenvalue weighted by Gasteiger charge is -2.35. The molecule has 1 unspecified atom stereocenters. The molecule has 0 aliphatic carbocycles. The molecule has 1 amide bonds. The van der Waals surface area contributed by atoms with Gasteiger partial charge in [-0.05, 0) is 38.5 Å². The zero-order valence-corrected chi connectivity index (χ0v) is 16.7. The number of hydrogen-bond donors (Lipinski definition) is 1. The average molecular weight is 400 g/mol. The van der Waals surface area contributed by atoms with E-state index in [1.165, 1.54) is 4.90 Å². The lowest BCUT2D eigenvalue weighted by Crippen LogP contribution is -2.45. The van der Waals surface area contributed by atoms with Gasteiger partial charge in [0.25, 0.3) is 0 Å². The standard InChI is InChI=1S/C18H26BrNO4/c1-17(2,3)24-16(23)20(6)11-14(15(21)22)18(4,5)12-8-7-9-13(19)10-12/h7-10,14H,11H2,1-6H3,(H,21,22). The van der Waals surface area contributed by atoms with Crippen molar-refractivity contribution < 1.29 is 19.4 Å². The van der Waals surface area contributed by atoms with E-state index in [9.17, 15) is 14.7 Å². The summed E-state index contributed by atoms with van der Waals surface area (Å²) < 4.78 is 6.19. The molecule has 0 aliphatic heterocycles. The first-order valence-electron chi connectivity index (χ1n) is 7.77. The van der Waals surface area contributed by atoms with E-state index < -0.39 is 29.0 Å². The van der Waals surface area contributed by atoms with Crippen molar-refractivity contribution in [2.45, 2.75) is 45.6 Å². The predicted molar refractivity (Wildman–Crippen MR) is 97.2 cm³/mol. The van der Waals surface area contributed by atoms with Crippen LogP contribution in [0.25, 0.3) is 0 Å². The van der Waals surface area contributed by atoms with E-state index in [1.807, 2.05) is 38.1 Å². The molecule has 1 rings (SSSR count). The predicted octanol–water partition coefficient (Wildman–Crippen LogP) is 4.29. The van der Waals surface area contributed by atoms with E-state index in [2.05, 4.69) is 15.9 Å². The maximum atomic E-state index is 12.1. The van der Waals surface area contributed by atoms with Gasteiger partial charge in [0.2, 0.25) is 0 Å². The van der Waals surface area contributed by atoms with Gasteiger partial charge in [-0.15, -0.1) is 0 Å². The molecule has 24 heavy (non-hydrogen) atoms. The third-order valence-corrected chi connectivity index (χ3v) is 4.39. The fourth-order valence-electron chi connectivity index (χ4n) is 2.39. The molecule has 0 heterocycles. The third-order valence-electron chi connectivity index (χ3n) is 3.90. The minimum Gasteiger partial charge on any atom is -0.481 e. The number of carboxylic acids is 1. The molecule has 134 valence electrons. The summed E-state index contributed by atoms with van der Waals surface area (Å²) in [4.78, 5) is 25.3. The Kier molecular flexibility index (Phi) is 6.45. The van der Waals surface area contributed by atoms with Crippen LogP contribution < -0.4 is 0 Å². The van der Waals surface area contributed by atoms with Gasteiger partial charge in [0, 0.05) is 23.5 Å². The van der Waals surface area contributed by atoms with Crippen molar-refractivity contribution in [2.24, 2.45) is 5.92 Å². The summed E-state index contributed by atoms with van der Waals surface area (Å²) in [6.45, 7) is 9.13. The van der Waals surface area contributed by atoms with Crippen LogP contribution in [-0.2, 0) is 14.9 Å².